The van der Waals surface area contributed by atoms with Crippen LogP contribution in [-0.4, -0.2) is 29.2 Å². The number of aromatic amines is 1. The maximum absolute atomic E-state index is 13.4. The van der Waals surface area contributed by atoms with Crippen molar-refractivity contribution in [3.05, 3.63) is 65.8 Å². The molecular weight excluding hydrogens is 355 g/mol. The number of hydrogen-bond acceptors (Lipinski definition) is 6. The van der Waals surface area contributed by atoms with Crippen LogP contribution in [0.5, 0.6) is 0 Å². The van der Waals surface area contributed by atoms with Gasteiger partial charge in [0.15, 0.2) is 5.82 Å². The van der Waals surface area contributed by atoms with E-state index < -0.39 is 0 Å². The van der Waals surface area contributed by atoms with Gasteiger partial charge >= 0.3 is 0 Å². The highest BCUT2D eigenvalue weighted by atomic mass is 32.2. The van der Waals surface area contributed by atoms with Gasteiger partial charge in [-0.2, -0.15) is 5.10 Å². The molecule has 26 heavy (non-hydrogen) atoms. The molecule has 0 unspecified atom stereocenters. The molecule has 0 fully saturated rings. The molecule has 0 radical (unpaired) electrons. The molecule has 3 heterocycles. The van der Waals surface area contributed by atoms with Crippen LogP contribution < -0.4 is 5.32 Å². The molecule has 4 rings (SSSR count). The van der Waals surface area contributed by atoms with Crippen LogP contribution in [0.3, 0.4) is 0 Å². The zero-order valence-electron chi connectivity index (χ0n) is 14.0. The Kier molecular flexibility index (Phi) is 4.39. The molecule has 0 saturated heterocycles. The summed E-state index contributed by atoms with van der Waals surface area (Å²) in [6.07, 6.45) is 5.56. The van der Waals surface area contributed by atoms with Crippen LogP contribution in [0.25, 0.3) is 5.82 Å². The molecule has 1 aromatic carbocycles. The van der Waals surface area contributed by atoms with Crippen molar-refractivity contribution in [1.29, 1.82) is 0 Å². The molecule has 1 aliphatic rings. The third-order valence-electron chi connectivity index (χ3n) is 3.91. The number of anilines is 1. The molecule has 9 heteroatoms. The monoisotopic (exact) mass is 372 g/mol. The largest absolute Gasteiger partial charge is 0.392 e. The van der Waals surface area contributed by atoms with Crippen LogP contribution >= 0.6 is 11.9 Å². The number of aromatic nitrogens is 4. The molecule has 0 bridgehead atoms. The van der Waals surface area contributed by atoms with Gasteiger partial charge < -0.3 is 14.7 Å². The van der Waals surface area contributed by atoms with Gasteiger partial charge in [-0.05, 0) is 42.6 Å². The highest BCUT2D eigenvalue weighted by molar-refractivity contribution is 7.97. The summed E-state index contributed by atoms with van der Waals surface area (Å²) in [5, 5.41) is 19.9. The topological polar surface area (TPSA) is 82.0 Å². The summed E-state index contributed by atoms with van der Waals surface area (Å²) < 4.78 is 17.3. The molecule has 0 amide bonds. The summed E-state index contributed by atoms with van der Waals surface area (Å²) in [4.78, 5) is 5.18. The molecule has 0 atom stereocenters. The first-order chi connectivity index (χ1) is 12.6. The number of aryl methyl sites for hydroxylation is 1. The van der Waals surface area contributed by atoms with Crippen LogP contribution in [-0.2, 0) is 13.2 Å². The minimum Gasteiger partial charge on any atom is -0.392 e. The van der Waals surface area contributed by atoms with Gasteiger partial charge in [-0.3, -0.25) is 9.67 Å². The Balaban J connectivity index is 1.62. The second-order valence-electron chi connectivity index (χ2n) is 5.87. The van der Waals surface area contributed by atoms with Crippen molar-refractivity contribution in [2.24, 2.45) is 0 Å². The van der Waals surface area contributed by atoms with E-state index in [1.807, 2.05) is 34.3 Å². The van der Waals surface area contributed by atoms with Crippen molar-refractivity contribution in [2.75, 3.05) is 5.32 Å². The molecular formula is C17H17FN6OS. The van der Waals surface area contributed by atoms with E-state index >= 15 is 0 Å². The Morgan fingerprint density at radius 3 is 3.04 bits per heavy atom. The van der Waals surface area contributed by atoms with Crippen molar-refractivity contribution in [1.82, 2.24) is 24.1 Å². The number of nitrogens with zero attached hydrogens (tertiary/aromatic N) is 4. The number of aliphatic hydroxyl groups is 1. The fourth-order valence-corrected chi connectivity index (χ4v) is 3.66. The van der Waals surface area contributed by atoms with Crippen LogP contribution in [0.15, 0.2) is 47.8 Å². The van der Waals surface area contributed by atoms with E-state index in [9.17, 15) is 9.50 Å². The number of aliphatic hydroxyl groups excluding tert-OH is 1. The number of rotatable bonds is 5. The average molecular weight is 372 g/mol. The summed E-state index contributed by atoms with van der Waals surface area (Å²) in [7, 11) is 0. The van der Waals surface area contributed by atoms with E-state index in [0.29, 0.717) is 17.9 Å². The van der Waals surface area contributed by atoms with Crippen molar-refractivity contribution >= 4 is 23.6 Å². The van der Waals surface area contributed by atoms with Gasteiger partial charge in [0.2, 0.25) is 0 Å². The zero-order valence-corrected chi connectivity index (χ0v) is 14.8. The number of hydrogen-bond donors (Lipinski definition) is 3. The predicted octanol–water partition coefficient (Wildman–Crippen LogP) is 2.94. The zero-order chi connectivity index (χ0) is 18.1. The summed E-state index contributed by atoms with van der Waals surface area (Å²) in [6, 6.07) is 6.32. The first-order valence-electron chi connectivity index (χ1n) is 8.00. The number of halogens is 1. The number of imidazole rings is 1. The number of nitrogens with one attached hydrogen (secondary N) is 2. The lowest BCUT2D eigenvalue weighted by Crippen LogP contribution is -2.23. The van der Waals surface area contributed by atoms with Crippen LogP contribution in [0, 0.1) is 12.7 Å². The number of H-pyrrole nitrogens is 1. The number of benzene rings is 1. The van der Waals surface area contributed by atoms with Gasteiger partial charge in [-0.1, -0.05) is 0 Å². The Bertz CT molecular complexity index is 966. The van der Waals surface area contributed by atoms with Crippen LogP contribution in [0.4, 0.5) is 10.2 Å². The van der Waals surface area contributed by atoms with E-state index in [-0.39, 0.29) is 12.4 Å². The van der Waals surface area contributed by atoms with E-state index in [2.05, 4.69) is 20.5 Å². The van der Waals surface area contributed by atoms with Crippen molar-refractivity contribution < 1.29 is 9.50 Å². The van der Waals surface area contributed by atoms with Crippen LogP contribution in [0.1, 0.15) is 17.1 Å². The summed E-state index contributed by atoms with van der Waals surface area (Å²) in [5.41, 5.74) is 1.51. The molecule has 1 aliphatic heterocycles. The Labute approximate surface area is 153 Å². The smallest absolute Gasteiger partial charge is 0.153 e. The lowest BCUT2D eigenvalue weighted by molar-refractivity contribution is 0.278. The van der Waals surface area contributed by atoms with E-state index in [4.69, 9.17) is 0 Å². The predicted molar refractivity (Wildman–Crippen MR) is 97.2 cm³/mol. The van der Waals surface area contributed by atoms with Gasteiger partial charge in [0.25, 0.3) is 0 Å². The molecule has 3 aromatic rings. The summed E-state index contributed by atoms with van der Waals surface area (Å²) in [6.45, 7) is 2.29. The molecule has 7 nitrogen and oxygen atoms in total. The number of fused-ring (bicyclic) bond motifs is 1. The molecule has 3 N–H and O–H groups in total. The average Bonchev–Trinajstić information content (AvgIpc) is 3.25. The van der Waals surface area contributed by atoms with E-state index in [1.165, 1.54) is 24.1 Å². The maximum Gasteiger partial charge on any atom is 0.153 e. The second kappa shape index (κ2) is 6.85. The Morgan fingerprint density at radius 2 is 2.27 bits per heavy atom. The molecule has 0 aliphatic carbocycles. The minimum atomic E-state index is -0.362. The van der Waals surface area contributed by atoms with Gasteiger partial charge in [0.05, 0.1) is 19.4 Å². The quantitative estimate of drug-likeness (QED) is 0.598. The normalized spacial score (nSPS) is 13.5. The SMILES string of the molecule is Cc1cc(NC2=CN(Sc3ccc(F)cc3CO)Cc3nccn32)n[nH]1. The first kappa shape index (κ1) is 16.7. The fraction of sp³-hybridized carbons (Fsp3) is 0.176. The lowest BCUT2D eigenvalue weighted by atomic mass is 10.2. The van der Waals surface area contributed by atoms with Gasteiger partial charge in [0.1, 0.15) is 17.5 Å². The van der Waals surface area contributed by atoms with E-state index in [1.54, 1.807) is 12.3 Å². The van der Waals surface area contributed by atoms with Gasteiger partial charge in [-0.15, -0.1) is 0 Å². The lowest BCUT2D eigenvalue weighted by Gasteiger charge is -2.27. The highest BCUT2D eigenvalue weighted by Gasteiger charge is 2.20. The molecule has 134 valence electrons. The van der Waals surface area contributed by atoms with Crippen molar-refractivity contribution in [3.8, 4) is 0 Å². The van der Waals surface area contributed by atoms with Crippen LogP contribution in [0.2, 0.25) is 0 Å². The molecule has 2 aromatic heterocycles. The first-order valence-corrected chi connectivity index (χ1v) is 8.77. The van der Waals surface area contributed by atoms with Crippen molar-refractivity contribution in [3.63, 3.8) is 0 Å². The van der Waals surface area contributed by atoms with E-state index in [0.717, 1.165) is 22.2 Å². The Hall–Kier alpha value is -2.78. The van der Waals surface area contributed by atoms with Crippen molar-refractivity contribution in [2.45, 2.75) is 25.0 Å². The van der Waals surface area contributed by atoms with Gasteiger partial charge in [0, 0.05) is 29.0 Å². The second-order valence-corrected chi connectivity index (χ2v) is 6.96. The third kappa shape index (κ3) is 3.31. The summed E-state index contributed by atoms with van der Waals surface area (Å²) >= 11 is 1.42. The Morgan fingerprint density at radius 1 is 1.38 bits per heavy atom. The van der Waals surface area contributed by atoms with Gasteiger partial charge in [-0.25, -0.2) is 9.37 Å². The molecule has 0 spiro atoms. The molecule has 0 saturated carbocycles. The minimum absolute atomic E-state index is 0.218. The maximum atomic E-state index is 13.4. The summed E-state index contributed by atoms with van der Waals surface area (Å²) in [5.74, 6) is 2.01. The highest BCUT2D eigenvalue weighted by Crippen LogP contribution is 2.32. The fourth-order valence-electron chi connectivity index (χ4n) is 2.71. The standard InChI is InChI=1S/C17H17FN6OS/c1-11-6-15(22-21-11)20-17-9-23(8-16-19-4-5-24(16)17)26-14-3-2-13(18)7-12(14)10-25/h2-7,9,25H,8,10H2,1H3,(H2,20,21,22). The third-order valence-corrected chi connectivity index (χ3v) is 4.97.